The van der Waals surface area contributed by atoms with Crippen molar-refractivity contribution in [3.8, 4) is 5.75 Å². The lowest BCUT2D eigenvalue weighted by molar-refractivity contribution is 0.413. The molecule has 0 unspecified atom stereocenters. The number of benzene rings is 1. The molecule has 1 heterocycles. The second-order valence-electron chi connectivity index (χ2n) is 3.88. The first-order valence-corrected chi connectivity index (χ1v) is 5.24. The Hall–Kier alpha value is -1.18. The van der Waals surface area contributed by atoms with Crippen molar-refractivity contribution in [3.63, 3.8) is 0 Å². The number of methoxy groups -OCH3 is 1. The fourth-order valence-corrected chi connectivity index (χ4v) is 1.96. The number of nitrogens with one attached hydrogen (secondary N) is 1. The van der Waals surface area contributed by atoms with Gasteiger partial charge >= 0.3 is 0 Å². The molecule has 1 atom stereocenters. The Morgan fingerprint density at radius 2 is 2.36 bits per heavy atom. The van der Waals surface area contributed by atoms with Gasteiger partial charge in [-0.2, -0.15) is 0 Å². The van der Waals surface area contributed by atoms with Crippen LogP contribution in [-0.2, 0) is 6.42 Å². The average Bonchev–Trinajstić information content (AvgIpc) is 2.27. The quantitative estimate of drug-likeness (QED) is 0.776. The molecule has 1 aromatic rings. The van der Waals surface area contributed by atoms with Gasteiger partial charge in [0, 0.05) is 12.2 Å². The number of fused-ring (bicyclic) bond motifs is 1. The van der Waals surface area contributed by atoms with Gasteiger partial charge in [-0.25, -0.2) is 0 Å². The summed E-state index contributed by atoms with van der Waals surface area (Å²) in [4.78, 5) is 0. The lowest BCUT2D eigenvalue weighted by atomic mass is 9.92. The van der Waals surface area contributed by atoms with Gasteiger partial charge in [0.15, 0.2) is 0 Å². The highest BCUT2D eigenvalue weighted by atomic mass is 16.5. The third-order valence-corrected chi connectivity index (χ3v) is 2.98. The van der Waals surface area contributed by atoms with E-state index < -0.39 is 0 Å². The summed E-state index contributed by atoms with van der Waals surface area (Å²) >= 11 is 0. The minimum atomic E-state index is 0.773. The van der Waals surface area contributed by atoms with E-state index in [-0.39, 0.29) is 0 Å². The first-order chi connectivity index (χ1) is 6.83. The van der Waals surface area contributed by atoms with Crippen LogP contribution in [0.15, 0.2) is 18.2 Å². The lowest BCUT2D eigenvalue weighted by Gasteiger charge is -2.25. The molecule has 1 aromatic carbocycles. The molecule has 14 heavy (non-hydrogen) atoms. The second kappa shape index (κ2) is 3.91. The third kappa shape index (κ3) is 1.69. The Morgan fingerprint density at radius 3 is 3.07 bits per heavy atom. The van der Waals surface area contributed by atoms with Gasteiger partial charge in [-0.1, -0.05) is 13.3 Å². The van der Waals surface area contributed by atoms with E-state index in [1.165, 1.54) is 24.1 Å². The molecule has 2 nitrogen and oxygen atoms in total. The standard InChI is InChI=1S/C12H17NO/c1-3-9-6-10-7-11(14-2)4-5-12(10)13-8-9/h4-5,7,9,13H,3,6,8H2,1-2H3/t9-/m0/s1. The second-order valence-corrected chi connectivity index (χ2v) is 3.88. The molecule has 0 spiro atoms. The summed E-state index contributed by atoms with van der Waals surface area (Å²) in [6.45, 7) is 3.35. The van der Waals surface area contributed by atoms with Gasteiger partial charge < -0.3 is 10.1 Å². The number of anilines is 1. The molecule has 0 fully saturated rings. The topological polar surface area (TPSA) is 21.3 Å². The molecule has 2 heteroatoms. The molecule has 1 aliphatic heterocycles. The predicted octanol–water partition coefficient (Wildman–Crippen LogP) is 2.69. The highest BCUT2D eigenvalue weighted by Gasteiger charge is 2.16. The average molecular weight is 191 g/mol. The molecule has 0 amide bonds. The van der Waals surface area contributed by atoms with Crippen molar-refractivity contribution in [2.75, 3.05) is 19.0 Å². The van der Waals surface area contributed by atoms with E-state index in [1.54, 1.807) is 7.11 Å². The summed E-state index contributed by atoms with van der Waals surface area (Å²) in [6, 6.07) is 6.27. The molecule has 2 rings (SSSR count). The molecule has 0 saturated carbocycles. The molecule has 1 N–H and O–H groups in total. The van der Waals surface area contributed by atoms with Gasteiger partial charge in [-0.15, -0.1) is 0 Å². The van der Waals surface area contributed by atoms with Gasteiger partial charge in [0.25, 0.3) is 0 Å². The summed E-state index contributed by atoms with van der Waals surface area (Å²) in [5.74, 6) is 1.73. The van der Waals surface area contributed by atoms with Crippen LogP contribution in [-0.4, -0.2) is 13.7 Å². The van der Waals surface area contributed by atoms with E-state index in [0.29, 0.717) is 0 Å². The van der Waals surface area contributed by atoms with Crippen LogP contribution in [0.5, 0.6) is 5.75 Å². The summed E-state index contributed by atoms with van der Waals surface area (Å²) in [6.07, 6.45) is 2.42. The van der Waals surface area contributed by atoms with Crippen LogP contribution in [0.25, 0.3) is 0 Å². The Balaban J connectivity index is 2.25. The minimum absolute atomic E-state index is 0.773. The smallest absolute Gasteiger partial charge is 0.119 e. The molecule has 0 bridgehead atoms. The fraction of sp³-hybridized carbons (Fsp3) is 0.500. The third-order valence-electron chi connectivity index (χ3n) is 2.98. The van der Waals surface area contributed by atoms with E-state index in [2.05, 4.69) is 24.4 Å². The van der Waals surface area contributed by atoms with Crippen molar-refractivity contribution < 1.29 is 4.74 Å². The minimum Gasteiger partial charge on any atom is -0.497 e. The largest absolute Gasteiger partial charge is 0.497 e. The number of hydrogen-bond acceptors (Lipinski definition) is 2. The van der Waals surface area contributed by atoms with Crippen molar-refractivity contribution in [3.05, 3.63) is 23.8 Å². The molecule has 0 saturated heterocycles. The number of hydrogen-bond donors (Lipinski definition) is 1. The van der Waals surface area contributed by atoms with Gasteiger partial charge in [0.05, 0.1) is 7.11 Å². The summed E-state index contributed by atoms with van der Waals surface area (Å²) in [5.41, 5.74) is 2.66. The summed E-state index contributed by atoms with van der Waals surface area (Å²) < 4.78 is 5.22. The highest BCUT2D eigenvalue weighted by Crippen LogP contribution is 2.29. The molecular formula is C12H17NO. The number of ether oxygens (including phenoxy) is 1. The first-order valence-electron chi connectivity index (χ1n) is 5.24. The molecule has 0 aliphatic carbocycles. The maximum absolute atomic E-state index is 5.22. The van der Waals surface area contributed by atoms with E-state index in [0.717, 1.165) is 18.2 Å². The molecule has 1 aliphatic rings. The van der Waals surface area contributed by atoms with Gasteiger partial charge in [-0.05, 0) is 36.1 Å². The van der Waals surface area contributed by atoms with Gasteiger partial charge in [-0.3, -0.25) is 0 Å². The van der Waals surface area contributed by atoms with Crippen molar-refractivity contribution in [2.45, 2.75) is 19.8 Å². The van der Waals surface area contributed by atoms with Crippen molar-refractivity contribution >= 4 is 5.69 Å². The number of rotatable bonds is 2. The fourth-order valence-electron chi connectivity index (χ4n) is 1.96. The maximum atomic E-state index is 5.22. The van der Waals surface area contributed by atoms with Gasteiger partial charge in [0.2, 0.25) is 0 Å². The van der Waals surface area contributed by atoms with Crippen molar-refractivity contribution in [2.24, 2.45) is 5.92 Å². The van der Waals surface area contributed by atoms with Gasteiger partial charge in [0.1, 0.15) is 5.75 Å². The highest BCUT2D eigenvalue weighted by molar-refractivity contribution is 5.56. The zero-order valence-corrected chi connectivity index (χ0v) is 8.84. The maximum Gasteiger partial charge on any atom is 0.119 e. The zero-order valence-electron chi connectivity index (χ0n) is 8.84. The summed E-state index contributed by atoms with van der Waals surface area (Å²) in [5, 5.41) is 3.46. The molecule has 76 valence electrons. The normalized spacial score (nSPS) is 19.7. The van der Waals surface area contributed by atoms with Crippen LogP contribution in [0.1, 0.15) is 18.9 Å². The van der Waals surface area contributed by atoms with Crippen LogP contribution >= 0.6 is 0 Å². The van der Waals surface area contributed by atoms with Crippen molar-refractivity contribution in [1.82, 2.24) is 0 Å². The lowest BCUT2D eigenvalue weighted by Crippen LogP contribution is -2.22. The Morgan fingerprint density at radius 1 is 1.50 bits per heavy atom. The van der Waals surface area contributed by atoms with Crippen LogP contribution in [0.2, 0.25) is 0 Å². The van der Waals surface area contributed by atoms with Crippen LogP contribution in [0.3, 0.4) is 0 Å². The van der Waals surface area contributed by atoms with Crippen LogP contribution in [0.4, 0.5) is 5.69 Å². The Kier molecular flexibility index (Phi) is 2.62. The van der Waals surface area contributed by atoms with E-state index in [4.69, 9.17) is 4.74 Å². The van der Waals surface area contributed by atoms with Crippen LogP contribution in [0, 0.1) is 5.92 Å². The molecular weight excluding hydrogens is 174 g/mol. The first kappa shape index (κ1) is 9.38. The Labute approximate surface area is 85.3 Å². The zero-order chi connectivity index (χ0) is 9.97. The summed E-state index contributed by atoms with van der Waals surface area (Å²) in [7, 11) is 1.72. The van der Waals surface area contributed by atoms with E-state index in [1.807, 2.05) is 6.07 Å². The van der Waals surface area contributed by atoms with E-state index >= 15 is 0 Å². The monoisotopic (exact) mass is 191 g/mol. The SMILES string of the molecule is CC[C@@H]1CNc2ccc(OC)cc2C1. The Bertz CT molecular complexity index is 322. The van der Waals surface area contributed by atoms with Crippen LogP contribution < -0.4 is 10.1 Å². The predicted molar refractivity (Wildman–Crippen MR) is 59.0 cm³/mol. The van der Waals surface area contributed by atoms with Crippen molar-refractivity contribution in [1.29, 1.82) is 0 Å². The van der Waals surface area contributed by atoms with E-state index in [9.17, 15) is 0 Å². The molecule has 0 aromatic heterocycles. The molecule has 0 radical (unpaired) electrons.